The van der Waals surface area contributed by atoms with Gasteiger partial charge in [0.05, 0.1) is 6.21 Å². The molecule has 1 saturated heterocycles. The van der Waals surface area contributed by atoms with Crippen LogP contribution in [0.3, 0.4) is 0 Å². The first-order valence-corrected chi connectivity index (χ1v) is 7.86. The molecule has 7 heteroatoms. The van der Waals surface area contributed by atoms with E-state index in [1.54, 1.807) is 18.0 Å². The summed E-state index contributed by atoms with van der Waals surface area (Å²) < 4.78 is 1.76. The van der Waals surface area contributed by atoms with Crippen molar-refractivity contribution in [1.82, 2.24) is 9.74 Å². The van der Waals surface area contributed by atoms with Gasteiger partial charge in [-0.2, -0.15) is 11.8 Å². The molecule has 1 amide bonds. The summed E-state index contributed by atoms with van der Waals surface area (Å²) in [6.07, 6.45) is 6.93. The van der Waals surface area contributed by atoms with E-state index in [0.717, 1.165) is 13.1 Å². The van der Waals surface area contributed by atoms with Crippen LogP contribution in [0, 0.1) is 0 Å². The van der Waals surface area contributed by atoms with E-state index in [1.807, 2.05) is 24.5 Å². The SMILES string of the molecule is CNC(=O)O/N=C/C(C)(C)SC.ClN1CCCCC1. The molecule has 0 saturated carbocycles. The Morgan fingerprint density at radius 1 is 1.42 bits per heavy atom. The summed E-state index contributed by atoms with van der Waals surface area (Å²) in [6, 6.07) is 0. The van der Waals surface area contributed by atoms with Gasteiger partial charge in [0.1, 0.15) is 0 Å². The summed E-state index contributed by atoms with van der Waals surface area (Å²) >= 11 is 7.28. The quantitative estimate of drug-likeness (QED) is 0.377. The number of amides is 1. The molecule has 0 aromatic rings. The molecule has 19 heavy (non-hydrogen) atoms. The van der Waals surface area contributed by atoms with Crippen LogP contribution < -0.4 is 5.32 Å². The van der Waals surface area contributed by atoms with Crippen molar-refractivity contribution < 1.29 is 9.63 Å². The lowest BCUT2D eigenvalue weighted by molar-refractivity contribution is 0.153. The maximum atomic E-state index is 10.5. The molecule has 0 spiro atoms. The minimum atomic E-state index is -0.553. The van der Waals surface area contributed by atoms with Crippen molar-refractivity contribution in [3.63, 3.8) is 0 Å². The average Bonchev–Trinajstić information content (AvgIpc) is 2.40. The highest BCUT2D eigenvalue weighted by Crippen LogP contribution is 2.17. The number of rotatable bonds is 3. The van der Waals surface area contributed by atoms with Gasteiger partial charge in [-0.15, -0.1) is 0 Å². The molecular formula is C12H24ClN3O2S. The number of piperidine rings is 1. The van der Waals surface area contributed by atoms with Crippen molar-refractivity contribution in [3.05, 3.63) is 0 Å². The second-order valence-electron chi connectivity index (χ2n) is 4.64. The molecule has 1 fully saturated rings. The van der Waals surface area contributed by atoms with Crippen molar-refractivity contribution in [2.45, 2.75) is 37.9 Å². The molecule has 0 atom stereocenters. The van der Waals surface area contributed by atoms with E-state index in [4.69, 9.17) is 11.8 Å². The lowest BCUT2D eigenvalue weighted by atomic mass is 10.2. The summed E-state index contributed by atoms with van der Waals surface area (Å²) in [6.45, 7) is 6.13. The number of carbonyl (C=O) groups excluding carboxylic acids is 1. The molecule has 0 aliphatic carbocycles. The van der Waals surface area contributed by atoms with Gasteiger partial charge in [-0.05, 0) is 44.7 Å². The smallest absolute Gasteiger partial charge is 0.323 e. The summed E-state index contributed by atoms with van der Waals surface area (Å²) in [4.78, 5) is 15.0. The van der Waals surface area contributed by atoms with Gasteiger partial charge in [0.15, 0.2) is 0 Å². The maximum Gasteiger partial charge on any atom is 0.433 e. The third kappa shape index (κ3) is 11.1. The molecule has 112 valence electrons. The Morgan fingerprint density at radius 2 is 2.00 bits per heavy atom. The summed E-state index contributed by atoms with van der Waals surface area (Å²) in [5.41, 5.74) is 0. The molecule has 5 nitrogen and oxygen atoms in total. The Balaban J connectivity index is 0.000000388. The minimum absolute atomic E-state index is 0.103. The first kappa shape index (κ1) is 18.5. The van der Waals surface area contributed by atoms with Crippen molar-refractivity contribution >= 4 is 35.8 Å². The van der Waals surface area contributed by atoms with Gasteiger partial charge in [-0.3, -0.25) is 4.84 Å². The van der Waals surface area contributed by atoms with Gasteiger partial charge in [0.25, 0.3) is 0 Å². The zero-order valence-corrected chi connectivity index (χ0v) is 13.7. The monoisotopic (exact) mass is 309 g/mol. The lowest BCUT2D eigenvalue weighted by Gasteiger charge is -2.17. The van der Waals surface area contributed by atoms with Crippen LogP contribution in [0.5, 0.6) is 0 Å². The van der Waals surface area contributed by atoms with Gasteiger partial charge in [0.2, 0.25) is 0 Å². The minimum Gasteiger partial charge on any atom is -0.323 e. The van der Waals surface area contributed by atoms with Crippen LogP contribution in [0.15, 0.2) is 5.16 Å². The number of thioether (sulfide) groups is 1. The predicted molar refractivity (Wildman–Crippen MR) is 82.9 cm³/mol. The first-order valence-electron chi connectivity index (χ1n) is 6.30. The Kier molecular flexibility index (Phi) is 10.1. The summed E-state index contributed by atoms with van der Waals surface area (Å²) in [5.74, 6) is 0. The van der Waals surface area contributed by atoms with E-state index in [1.165, 1.54) is 26.3 Å². The van der Waals surface area contributed by atoms with E-state index in [-0.39, 0.29) is 4.75 Å². The number of oxime groups is 1. The number of halogens is 1. The fourth-order valence-corrected chi connectivity index (χ4v) is 1.54. The zero-order valence-electron chi connectivity index (χ0n) is 12.1. The standard InChI is InChI=1S/C7H14N2O2S.C5H10ClN/c1-7(2,12-4)5-9-11-6(10)8-3;6-7-4-2-1-3-5-7/h5H,1-4H3,(H,8,10);1-5H2/b9-5+;. The first-order chi connectivity index (χ1) is 8.91. The van der Waals surface area contributed by atoms with Crippen LogP contribution in [0.1, 0.15) is 33.1 Å². The number of hydrogen-bond donors (Lipinski definition) is 1. The molecular weight excluding hydrogens is 286 g/mol. The van der Waals surface area contributed by atoms with E-state index in [2.05, 4.69) is 15.3 Å². The number of nitrogens with one attached hydrogen (secondary N) is 1. The molecule has 1 rings (SSSR count). The molecule has 0 bridgehead atoms. The fraction of sp³-hybridized carbons (Fsp3) is 0.833. The lowest BCUT2D eigenvalue weighted by Crippen LogP contribution is -2.19. The second kappa shape index (κ2) is 10.3. The average molecular weight is 310 g/mol. The summed E-state index contributed by atoms with van der Waals surface area (Å²) in [7, 11) is 1.48. The molecule has 0 aromatic carbocycles. The third-order valence-corrected chi connectivity index (χ3v) is 4.03. The molecule has 1 aliphatic heterocycles. The maximum absolute atomic E-state index is 10.5. The van der Waals surface area contributed by atoms with Gasteiger partial charge < -0.3 is 5.32 Å². The number of hydrogen-bond acceptors (Lipinski definition) is 5. The highest BCUT2D eigenvalue weighted by molar-refractivity contribution is 8.00. The normalized spacial score (nSPS) is 16.7. The van der Waals surface area contributed by atoms with E-state index in [0.29, 0.717) is 0 Å². The number of carbonyl (C=O) groups is 1. The molecule has 0 unspecified atom stereocenters. The zero-order chi connectivity index (χ0) is 14.7. The van der Waals surface area contributed by atoms with E-state index in [9.17, 15) is 4.79 Å². The second-order valence-corrected chi connectivity index (χ2v) is 6.58. The predicted octanol–water partition coefficient (Wildman–Crippen LogP) is 3.10. The molecule has 1 aliphatic rings. The van der Waals surface area contributed by atoms with Crippen LogP contribution in [0.2, 0.25) is 0 Å². The van der Waals surface area contributed by atoms with Crippen LogP contribution >= 0.6 is 23.5 Å². The van der Waals surface area contributed by atoms with Crippen LogP contribution in [-0.4, -0.2) is 47.9 Å². The molecule has 1 heterocycles. The third-order valence-electron chi connectivity index (χ3n) is 2.53. The van der Waals surface area contributed by atoms with Gasteiger partial charge in [-0.25, -0.2) is 9.21 Å². The fourth-order valence-electron chi connectivity index (χ4n) is 1.15. The Hall–Kier alpha value is -0.460. The summed E-state index contributed by atoms with van der Waals surface area (Å²) in [5, 5.41) is 5.81. The van der Waals surface area contributed by atoms with Crippen LogP contribution in [-0.2, 0) is 4.84 Å². The Bertz CT molecular complexity index is 282. The Morgan fingerprint density at radius 3 is 2.37 bits per heavy atom. The van der Waals surface area contributed by atoms with Crippen LogP contribution in [0.25, 0.3) is 0 Å². The van der Waals surface area contributed by atoms with Gasteiger partial charge in [0, 0.05) is 24.9 Å². The van der Waals surface area contributed by atoms with E-state index < -0.39 is 6.09 Å². The highest BCUT2D eigenvalue weighted by atomic mass is 35.5. The van der Waals surface area contributed by atoms with Crippen molar-refractivity contribution in [2.75, 3.05) is 26.4 Å². The number of nitrogens with zero attached hydrogens (tertiary/aromatic N) is 2. The van der Waals surface area contributed by atoms with Crippen LogP contribution in [0.4, 0.5) is 4.79 Å². The van der Waals surface area contributed by atoms with E-state index >= 15 is 0 Å². The molecule has 1 N–H and O–H groups in total. The van der Waals surface area contributed by atoms with Gasteiger partial charge in [-0.1, -0.05) is 11.6 Å². The largest absolute Gasteiger partial charge is 0.433 e. The van der Waals surface area contributed by atoms with Crippen molar-refractivity contribution in [2.24, 2.45) is 5.16 Å². The topological polar surface area (TPSA) is 53.9 Å². The van der Waals surface area contributed by atoms with Gasteiger partial charge >= 0.3 is 6.09 Å². The van der Waals surface area contributed by atoms with Crippen molar-refractivity contribution in [1.29, 1.82) is 0 Å². The Labute approximate surface area is 125 Å². The molecule has 0 aromatic heterocycles. The molecule has 0 radical (unpaired) electrons. The highest BCUT2D eigenvalue weighted by Gasteiger charge is 2.12. The van der Waals surface area contributed by atoms with Crippen molar-refractivity contribution in [3.8, 4) is 0 Å².